The second kappa shape index (κ2) is 4.10. The van der Waals surface area contributed by atoms with Crippen LogP contribution in [0.25, 0.3) is 0 Å². The predicted molar refractivity (Wildman–Crippen MR) is 40.0 cm³/mol. The van der Waals surface area contributed by atoms with Crippen LogP contribution in [0, 0.1) is 0 Å². The van der Waals surface area contributed by atoms with Crippen LogP contribution in [0.4, 0.5) is 0 Å². The average molecular weight is 132 g/mol. The third kappa shape index (κ3) is 3.21. The molecule has 1 atom stereocenters. The molecular formula is C6H16OSi. The molecule has 0 saturated carbocycles. The Balaban J connectivity index is 3.17. The van der Waals surface area contributed by atoms with E-state index in [2.05, 4.69) is 20.0 Å². The lowest BCUT2D eigenvalue weighted by atomic mass is 10.8. The Kier molecular flexibility index (Phi) is 4.19. The van der Waals surface area contributed by atoms with Crippen LogP contribution in [0.15, 0.2) is 0 Å². The highest BCUT2D eigenvalue weighted by Gasteiger charge is 2.05. The van der Waals surface area contributed by atoms with Gasteiger partial charge >= 0.3 is 0 Å². The molecular weight excluding hydrogens is 116 g/mol. The van der Waals surface area contributed by atoms with Crippen LogP contribution in [0.2, 0.25) is 13.1 Å². The first-order valence-electron chi connectivity index (χ1n) is 3.30. The average Bonchev–Trinajstić information content (AvgIpc) is 1.67. The fourth-order valence-corrected chi connectivity index (χ4v) is 1.03. The maximum absolute atomic E-state index is 5.36. The van der Waals surface area contributed by atoms with Crippen LogP contribution >= 0.6 is 0 Å². The third-order valence-corrected chi connectivity index (χ3v) is 3.44. The smallest absolute Gasteiger partial charge is 0.0652 e. The van der Waals surface area contributed by atoms with Crippen LogP contribution in [0.5, 0.6) is 0 Å². The van der Waals surface area contributed by atoms with Gasteiger partial charge in [-0.1, -0.05) is 13.1 Å². The Morgan fingerprint density at radius 3 is 2.12 bits per heavy atom. The molecule has 0 amide bonds. The molecule has 0 saturated heterocycles. The summed E-state index contributed by atoms with van der Waals surface area (Å²) < 4.78 is 5.36. The minimum Gasteiger partial charge on any atom is -0.383 e. The van der Waals surface area contributed by atoms with Gasteiger partial charge in [-0.2, -0.15) is 0 Å². The van der Waals surface area contributed by atoms with Crippen LogP contribution in [-0.2, 0) is 4.74 Å². The minimum atomic E-state index is -0.505. The fraction of sp³-hybridized carbons (Fsp3) is 1.00. The van der Waals surface area contributed by atoms with Crippen molar-refractivity contribution < 1.29 is 4.74 Å². The normalized spacial score (nSPS) is 14.6. The van der Waals surface area contributed by atoms with Crippen molar-refractivity contribution in [2.24, 2.45) is 0 Å². The maximum atomic E-state index is 5.36. The molecule has 0 rings (SSSR count). The van der Waals surface area contributed by atoms with Crippen molar-refractivity contribution in [3.05, 3.63) is 0 Å². The highest BCUT2D eigenvalue weighted by molar-refractivity contribution is 6.57. The molecule has 50 valence electrons. The number of hydrogen-bond donors (Lipinski definition) is 0. The van der Waals surface area contributed by atoms with E-state index in [1.165, 1.54) is 0 Å². The summed E-state index contributed by atoms with van der Waals surface area (Å²) >= 11 is 0. The molecule has 0 aromatic heterocycles. The first kappa shape index (κ1) is 8.18. The maximum Gasteiger partial charge on any atom is 0.0652 e. The van der Waals surface area contributed by atoms with E-state index in [-0.39, 0.29) is 0 Å². The Labute approximate surface area is 53.7 Å². The van der Waals surface area contributed by atoms with E-state index in [0.29, 0.717) is 5.73 Å². The minimum absolute atomic E-state index is 0.505. The summed E-state index contributed by atoms with van der Waals surface area (Å²) in [6.45, 7) is 9.70. The molecule has 0 bridgehead atoms. The van der Waals surface area contributed by atoms with Gasteiger partial charge in [0.05, 0.1) is 8.80 Å². The van der Waals surface area contributed by atoms with Crippen molar-refractivity contribution in [2.75, 3.05) is 6.61 Å². The number of ether oxygens (including phenoxy) is 1. The van der Waals surface area contributed by atoms with E-state index in [1.54, 1.807) is 0 Å². The zero-order chi connectivity index (χ0) is 6.57. The van der Waals surface area contributed by atoms with Crippen molar-refractivity contribution >= 4 is 8.80 Å². The first-order valence-corrected chi connectivity index (χ1v) is 6.27. The molecule has 0 aliphatic rings. The molecule has 1 unspecified atom stereocenters. The Morgan fingerprint density at radius 2 is 2.00 bits per heavy atom. The lowest BCUT2D eigenvalue weighted by molar-refractivity contribution is 0.127. The molecule has 2 heteroatoms. The lowest BCUT2D eigenvalue weighted by Gasteiger charge is -2.13. The Bertz CT molecular complexity index is 54.5. The number of hydrogen-bond acceptors (Lipinski definition) is 1. The lowest BCUT2D eigenvalue weighted by Crippen LogP contribution is -2.23. The van der Waals surface area contributed by atoms with Gasteiger partial charge in [-0.25, -0.2) is 0 Å². The van der Waals surface area contributed by atoms with Crippen LogP contribution < -0.4 is 0 Å². The van der Waals surface area contributed by atoms with Gasteiger partial charge in [0.2, 0.25) is 0 Å². The van der Waals surface area contributed by atoms with Gasteiger partial charge in [0.15, 0.2) is 0 Å². The first-order chi connectivity index (χ1) is 3.68. The monoisotopic (exact) mass is 132 g/mol. The summed E-state index contributed by atoms with van der Waals surface area (Å²) in [5.41, 5.74) is 0.556. The van der Waals surface area contributed by atoms with E-state index in [4.69, 9.17) is 4.74 Å². The summed E-state index contributed by atoms with van der Waals surface area (Å²) in [5, 5.41) is 0. The predicted octanol–water partition coefficient (Wildman–Crippen LogP) is 1.44. The highest BCUT2D eigenvalue weighted by Crippen LogP contribution is 1.94. The summed E-state index contributed by atoms with van der Waals surface area (Å²) in [6, 6.07) is 0. The zero-order valence-corrected chi connectivity index (χ0v) is 7.42. The quantitative estimate of drug-likeness (QED) is 0.528. The van der Waals surface area contributed by atoms with Crippen LogP contribution in [-0.4, -0.2) is 21.1 Å². The fourth-order valence-electron chi connectivity index (χ4n) is 0.455. The van der Waals surface area contributed by atoms with Crippen molar-refractivity contribution in [3.8, 4) is 0 Å². The zero-order valence-electron chi connectivity index (χ0n) is 6.27. The van der Waals surface area contributed by atoms with Gasteiger partial charge in [-0.05, 0) is 13.8 Å². The van der Waals surface area contributed by atoms with Crippen molar-refractivity contribution in [2.45, 2.75) is 32.7 Å². The standard InChI is InChI=1S/C6H16OSi/c1-5-7-6(2)8(3)4/h6,8H,5H2,1-4H3. The summed E-state index contributed by atoms with van der Waals surface area (Å²) in [5.74, 6) is 0. The summed E-state index contributed by atoms with van der Waals surface area (Å²) in [7, 11) is -0.505. The topological polar surface area (TPSA) is 9.23 Å². The van der Waals surface area contributed by atoms with E-state index in [9.17, 15) is 0 Å². The summed E-state index contributed by atoms with van der Waals surface area (Å²) in [6.07, 6.45) is 0. The molecule has 0 N–H and O–H groups in total. The van der Waals surface area contributed by atoms with Gasteiger partial charge in [0, 0.05) is 12.3 Å². The van der Waals surface area contributed by atoms with Gasteiger partial charge in [-0.3, -0.25) is 0 Å². The highest BCUT2D eigenvalue weighted by atomic mass is 28.3. The van der Waals surface area contributed by atoms with Crippen LogP contribution in [0.1, 0.15) is 13.8 Å². The Morgan fingerprint density at radius 1 is 1.50 bits per heavy atom. The van der Waals surface area contributed by atoms with Crippen molar-refractivity contribution in [1.29, 1.82) is 0 Å². The van der Waals surface area contributed by atoms with E-state index >= 15 is 0 Å². The molecule has 0 aliphatic carbocycles. The third-order valence-electron chi connectivity index (χ3n) is 1.37. The molecule has 0 heterocycles. The van der Waals surface area contributed by atoms with E-state index in [1.807, 2.05) is 6.92 Å². The molecule has 0 fully saturated rings. The van der Waals surface area contributed by atoms with Gasteiger partial charge in [-0.15, -0.1) is 0 Å². The van der Waals surface area contributed by atoms with Gasteiger partial charge < -0.3 is 4.74 Å². The molecule has 0 aromatic rings. The van der Waals surface area contributed by atoms with Crippen molar-refractivity contribution in [3.63, 3.8) is 0 Å². The second-order valence-electron chi connectivity index (χ2n) is 2.40. The second-order valence-corrected chi connectivity index (χ2v) is 5.83. The molecule has 1 nitrogen and oxygen atoms in total. The van der Waals surface area contributed by atoms with Crippen molar-refractivity contribution in [1.82, 2.24) is 0 Å². The molecule has 0 aliphatic heterocycles. The largest absolute Gasteiger partial charge is 0.383 e. The Hall–Kier alpha value is 0.177. The van der Waals surface area contributed by atoms with Gasteiger partial charge in [0.25, 0.3) is 0 Å². The molecule has 0 spiro atoms. The summed E-state index contributed by atoms with van der Waals surface area (Å²) in [4.78, 5) is 0. The van der Waals surface area contributed by atoms with Gasteiger partial charge in [0.1, 0.15) is 0 Å². The molecule has 8 heavy (non-hydrogen) atoms. The van der Waals surface area contributed by atoms with E-state index in [0.717, 1.165) is 6.61 Å². The number of rotatable bonds is 3. The molecule has 0 aromatic carbocycles. The van der Waals surface area contributed by atoms with Crippen LogP contribution in [0.3, 0.4) is 0 Å². The molecule has 0 radical (unpaired) electrons. The van der Waals surface area contributed by atoms with E-state index < -0.39 is 8.80 Å². The SMILES string of the molecule is CCOC(C)[SiH](C)C.